The summed E-state index contributed by atoms with van der Waals surface area (Å²) in [6.45, 7) is 7.46. The van der Waals surface area contributed by atoms with Gasteiger partial charge in [-0.3, -0.25) is 0 Å². The van der Waals surface area contributed by atoms with E-state index in [0.29, 0.717) is 13.1 Å². The number of hydrogen-bond acceptors (Lipinski definition) is 2. The first-order valence-corrected chi connectivity index (χ1v) is 5.02. The zero-order valence-corrected chi connectivity index (χ0v) is 8.91. The fourth-order valence-corrected chi connectivity index (χ4v) is 2.35. The molecule has 2 fully saturated rings. The summed E-state index contributed by atoms with van der Waals surface area (Å²) < 4.78 is 5.71. The predicted octanol–water partition coefficient (Wildman–Crippen LogP) is 1.55. The lowest BCUT2D eigenvalue weighted by Crippen LogP contribution is -2.50. The molecular formula is C10H17NO3. The lowest BCUT2D eigenvalue weighted by molar-refractivity contribution is 0.0869. The van der Waals surface area contributed by atoms with Crippen LogP contribution in [0.25, 0.3) is 0 Å². The van der Waals surface area contributed by atoms with E-state index in [0.717, 1.165) is 6.42 Å². The van der Waals surface area contributed by atoms with Gasteiger partial charge in [0.2, 0.25) is 0 Å². The average Bonchev–Trinajstić information content (AvgIpc) is 2.76. The van der Waals surface area contributed by atoms with Crippen LogP contribution in [0.1, 0.15) is 27.2 Å². The third-order valence-electron chi connectivity index (χ3n) is 3.44. The Balaban J connectivity index is 2.14. The van der Waals surface area contributed by atoms with Crippen LogP contribution < -0.4 is 0 Å². The highest BCUT2D eigenvalue weighted by molar-refractivity contribution is 5.65. The second kappa shape index (κ2) is 2.63. The SMILES string of the molecule is CC(C)(C)C12CN(C(=O)O)CCC1O2. The minimum atomic E-state index is -0.831. The average molecular weight is 199 g/mol. The number of epoxide rings is 1. The first kappa shape index (κ1) is 9.77. The van der Waals surface area contributed by atoms with E-state index in [2.05, 4.69) is 20.8 Å². The smallest absolute Gasteiger partial charge is 0.407 e. The maximum atomic E-state index is 10.9. The highest BCUT2D eigenvalue weighted by Gasteiger charge is 2.65. The Labute approximate surface area is 83.8 Å². The Kier molecular flexibility index (Phi) is 1.83. The van der Waals surface area contributed by atoms with Gasteiger partial charge >= 0.3 is 6.09 Å². The Morgan fingerprint density at radius 2 is 2.21 bits per heavy atom. The standard InChI is InChI=1S/C10H17NO3/c1-9(2,3)10-6-11(8(12)13)5-4-7(10)14-10/h7H,4-6H2,1-3H3,(H,12,13). The van der Waals surface area contributed by atoms with Gasteiger partial charge in [-0.05, 0) is 11.8 Å². The molecule has 4 heteroatoms. The molecule has 2 saturated heterocycles. The first-order chi connectivity index (χ1) is 6.37. The van der Waals surface area contributed by atoms with E-state index in [-0.39, 0.29) is 17.1 Å². The van der Waals surface area contributed by atoms with Gasteiger partial charge in [-0.15, -0.1) is 0 Å². The van der Waals surface area contributed by atoms with E-state index in [9.17, 15) is 4.79 Å². The molecule has 2 heterocycles. The minimum Gasteiger partial charge on any atom is -0.465 e. The molecule has 1 amide bonds. The van der Waals surface area contributed by atoms with Crippen molar-refractivity contribution in [3.8, 4) is 0 Å². The van der Waals surface area contributed by atoms with E-state index in [4.69, 9.17) is 9.84 Å². The maximum absolute atomic E-state index is 10.9. The van der Waals surface area contributed by atoms with Gasteiger partial charge in [0.25, 0.3) is 0 Å². The molecule has 2 aliphatic rings. The van der Waals surface area contributed by atoms with E-state index in [1.807, 2.05) is 0 Å². The topological polar surface area (TPSA) is 53.1 Å². The third kappa shape index (κ3) is 1.21. The lowest BCUT2D eigenvalue weighted by atomic mass is 9.75. The minimum absolute atomic E-state index is 0.0196. The molecule has 80 valence electrons. The van der Waals surface area contributed by atoms with Gasteiger partial charge in [0, 0.05) is 6.54 Å². The molecule has 0 aromatic carbocycles. The van der Waals surface area contributed by atoms with Crippen molar-refractivity contribution in [2.75, 3.05) is 13.1 Å². The summed E-state index contributed by atoms with van der Waals surface area (Å²) in [7, 11) is 0. The second-order valence-corrected chi connectivity index (χ2v) is 5.24. The van der Waals surface area contributed by atoms with Crippen LogP contribution in [0.2, 0.25) is 0 Å². The molecule has 0 saturated carbocycles. The maximum Gasteiger partial charge on any atom is 0.407 e. The fourth-order valence-electron chi connectivity index (χ4n) is 2.35. The monoisotopic (exact) mass is 199 g/mol. The molecule has 4 nitrogen and oxygen atoms in total. The predicted molar refractivity (Wildman–Crippen MR) is 51.3 cm³/mol. The fraction of sp³-hybridized carbons (Fsp3) is 0.900. The van der Waals surface area contributed by atoms with Crippen molar-refractivity contribution in [3.63, 3.8) is 0 Å². The van der Waals surface area contributed by atoms with Gasteiger partial charge in [0.15, 0.2) is 0 Å². The lowest BCUT2D eigenvalue weighted by Gasteiger charge is -2.35. The number of carboxylic acid groups (broad SMARTS) is 1. The number of fused-ring (bicyclic) bond motifs is 1. The van der Waals surface area contributed by atoms with Crippen LogP contribution in [0.15, 0.2) is 0 Å². The van der Waals surface area contributed by atoms with Crippen molar-refractivity contribution in [3.05, 3.63) is 0 Å². The number of hydrogen-bond donors (Lipinski definition) is 1. The molecule has 2 atom stereocenters. The number of carbonyl (C=O) groups is 1. The number of piperidine rings is 1. The molecule has 0 radical (unpaired) electrons. The molecule has 0 aromatic rings. The molecule has 0 aromatic heterocycles. The van der Waals surface area contributed by atoms with Crippen molar-refractivity contribution < 1.29 is 14.6 Å². The van der Waals surface area contributed by atoms with E-state index in [1.54, 1.807) is 0 Å². The van der Waals surface area contributed by atoms with Gasteiger partial charge in [0.1, 0.15) is 5.60 Å². The van der Waals surface area contributed by atoms with Crippen molar-refractivity contribution in [2.24, 2.45) is 5.41 Å². The van der Waals surface area contributed by atoms with Crippen LogP contribution in [0.4, 0.5) is 4.79 Å². The number of amides is 1. The number of nitrogens with zero attached hydrogens (tertiary/aromatic N) is 1. The summed E-state index contributed by atoms with van der Waals surface area (Å²) in [5, 5.41) is 8.93. The number of rotatable bonds is 0. The zero-order valence-electron chi connectivity index (χ0n) is 8.91. The normalized spacial score (nSPS) is 36.5. The third-order valence-corrected chi connectivity index (χ3v) is 3.44. The van der Waals surface area contributed by atoms with Gasteiger partial charge < -0.3 is 14.7 Å². The molecule has 2 rings (SSSR count). The molecule has 0 aliphatic carbocycles. The Morgan fingerprint density at radius 1 is 1.57 bits per heavy atom. The quantitative estimate of drug-likeness (QED) is 0.602. The van der Waals surface area contributed by atoms with E-state index < -0.39 is 6.09 Å². The van der Waals surface area contributed by atoms with Gasteiger partial charge in [-0.1, -0.05) is 20.8 Å². The molecule has 0 spiro atoms. The van der Waals surface area contributed by atoms with E-state index >= 15 is 0 Å². The summed E-state index contributed by atoms with van der Waals surface area (Å²) in [5.74, 6) is 0. The summed E-state index contributed by atoms with van der Waals surface area (Å²) in [6, 6.07) is 0. The second-order valence-electron chi connectivity index (χ2n) is 5.24. The first-order valence-electron chi connectivity index (χ1n) is 5.02. The Hall–Kier alpha value is -0.770. The largest absolute Gasteiger partial charge is 0.465 e. The molecule has 1 N–H and O–H groups in total. The molecular weight excluding hydrogens is 182 g/mol. The van der Waals surface area contributed by atoms with Crippen molar-refractivity contribution >= 4 is 6.09 Å². The van der Waals surface area contributed by atoms with Crippen LogP contribution in [0.5, 0.6) is 0 Å². The van der Waals surface area contributed by atoms with Crippen LogP contribution in [0, 0.1) is 5.41 Å². The van der Waals surface area contributed by atoms with Crippen LogP contribution in [-0.2, 0) is 4.74 Å². The number of likely N-dealkylation sites (tertiary alicyclic amines) is 1. The highest BCUT2D eigenvalue weighted by Crippen LogP contribution is 2.53. The van der Waals surface area contributed by atoms with E-state index in [1.165, 1.54) is 4.90 Å². The van der Waals surface area contributed by atoms with Crippen LogP contribution >= 0.6 is 0 Å². The van der Waals surface area contributed by atoms with Gasteiger partial charge in [0.05, 0.1) is 12.6 Å². The Bertz CT molecular complexity index is 271. The van der Waals surface area contributed by atoms with Gasteiger partial charge in [-0.2, -0.15) is 0 Å². The van der Waals surface area contributed by atoms with Crippen molar-refractivity contribution in [2.45, 2.75) is 38.9 Å². The van der Waals surface area contributed by atoms with Gasteiger partial charge in [-0.25, -0.2) is 4.79 Å². The van der Waals surface area contributed by atoms with Crippen LogP contribution in [-0.4, -0.2) is 40.9 Å². The van der Waals surface area contributed by atoms with Crippen molar-refractivity contribution in [1.29, 1.82) is 0 Å². The van der Waals surface area contributed by atoms with Crippen LogP contribution in [0.3, 0.4) is 0 Å². The summed E-state index contributed by atoms with van der Waals surface area (Å²) in [6.07, 6.45) is 0.282. The van der Waals surface area contributed by atoms with Crippen molar-refractivity contribution in [1.82, 2.24) is 4.90 Å². The summed E-state index contributed by atoms with van der Waals surface area (Å²) in [5.41, 5.74) is -0.199. The highest BCUT2D eigenvalue weighted by atomic mass is 16.6. The Morgan fingerprint density at radius 3 is 2.71 bits per heavy atom. The zero-order chi connectivity index (χ0) is 10.6. The summed E-state index contributed by atoms with van der Waals surface area (Å²) >= 11 is 0. The molecule has 2 unspecified atom stereocenters. The molecule has 0 bridgehead atoms. The summed E-state index contributed by atoms with van der Waals surface area (Å²) in [4.78, 5) is 12.3. The molecule has 2 aliphatic heterocycles. The number of ether oxygens (including phenoxy) is 1. The molecule has 14 heavy (non-hydrogen) atoms.